The molecule has 3 rings (SSSR count). The lowest BCUT2D eigenvalue weighted by Crippen LogP contribution is -2.43. The zero-order valence-electron chi connectivity index (χ0n) is 13.7. The predicted octanol–water partition coefficient (Wildman–Crippen LogP) is 0.481. The van der Waals surface area contributed by atoms with Crippen molar-refractivity contribution in [2.24, 2.45) is 0 Å². The fourth-order valence-electron chi connectivity index (χ4n) is 2.92. The minimum atomic E-state index is -3.12. The number of aromatic amines is 1. The molecule has 8 nitrogen and oxygen atoms in total. The number of aromatic nitrogens is 3. The van der Waals surface area contributed by atoms with Crippen molar-refractivity contribution in [1.82, 2.24) is 19.9 Å². The van der Waals surface area contributed by atoms with Crippen LogP contribution < -0.4 is 5.56 Å². The summed E-state index contributed by atoms with van der Waals surface area (Å²) in [6.07, 6.45) is 3.18. The minimum absolute atomic E-state index is 0.0642. The van der Waals surface area contributed by atoms with E-state index in [1.165, 1.54) is 11.1 Å². The lowest BCUT2D eigenvalue weighted by atomic mass is 10.2. The van der Waals surface area contributed by atoms with Crippen molar-refractivity contribution < 1.29 is 13.2 Å². The van der Waals surface area contributed by atoms with Gasteiger partial charge in [0.1, 0.15) is 11.3 Å². The van der Waals surface area contributed by atoms with Gasteiger partial charge in [-0.3, -0.25) is 14.6 Å². The Hall–Kier alpha value is -2.55. The van der Waals surface area contributed by atoms with Gasteiger partial charge in [-0.25, -0.2) is 13.4 Å². The van der Waals surface area contributed by atoms with Crippen LogP contribution in [0.4, 0.5) is 0 Å². The molecular formula is C16H18N4O4S. The molecule has 132 valence electrons. The number of carbonyl (C=O) groups excluding carboxylic acids is 1. The highest BCUT2D eigenvalue weighted by molar-refractivity contribution is 7.91. The van der Waals surface area contributed by atoms with Gasteiger partial charge >= 0.3 is 0 Å². The lowest BCUT2D eigenvalue weighted by Gasteiger charge is -2.26. The maximum Gasteiger partial charge on any atom is 0.264 e. The number of H-pyrrole nitrogens is 1. The molecule has 0 saturated carbocycles. The summed E-state index contributed by atoms with van der Waals surface area (Å²) in [5, 5.41) is 0. The first-order valence-corrected chi connectivity index (χ1v) is 9.75. The van der Waals surface area contributed by atoms with Crippen LogP contribution in [0.5, 0.6) is 0 Å². The van der Waals surface area contributed by atoms with Crippen LogP contribution in [0.15, 0.2) is 35.4 Å². The molecule has 1 atom stereocenters. The fourth-order valence-corrected chi connectivity index (χ4v) is 4.65. The van der Waals surface area contributed by atoms with Gasteiger partial charge < -0.3 is 9.88 Å². The van der Waals surface area contributed by atoms with Gasteiger partial charge in [0, 0.05) is 25.0 Å². The zero-order chi connectivity index (χ0) is 18.0. The highest BCUT2D eigenvalue weighted by Gasteiger charge is 2.35. The molecule has 9 heteroatoms. The summed E-state index contributed by atoms with van der Waals surface area (Å²) < 4.78 is 23.3. The van der Waals surface area contributed by atoms with Gasteiger partial charge in [0.25, 0.3) is 11.5 Å². The first-order chi connectivity index (χ1) is 11.9. The number of rotatable bonds is 4. The van der Waals surface area contributed by atoms with E-state index >= 15 is 0 Å². The third-order valence-corrected chi connectivity index (χ3v) is 5.94. The van der Waals surface area contributed by atoms with E-state index in [1.807, 2.05) is 0 Å². The number of hydrogen-bond donors (Lipinski definition) is 1. The highest BCUT2D eigenvalue weighted by Crippen LogP contribution is 2.19. The normalized spacial score (nSPS) is 18.8. The molecule has 2 aromatic rings. The molecule has 1 fully saturated rings. The molecule has 2 aromatic heterocycles. The first kappa shape index (κ1) is 17.3. The summed E-state index contributed by atoms with van der Waals surface area (Å²) in [4.78, 5) is 37.2. The average molecular weight is 362 g/mol. The van der Waals surface area contributed by atoms with E-state index in [9.17, 15) is 18.0 Å². The van der Waals surface area contributed by atoms with Crippen molar-refractivity contribution in [2.75, 3.05) is 18.1 Å². The Kier molecular flexibility index (Phi) is 4.67. The van der Waals surface area contributed by atoms with Crippen molar-refractivity contribution in [3.8, 4) is 11.5 Å². The summed E-state index contributed by atoms with van der Waals surface area (Å²) in [5.74, 6) is -0.238. The van der Waals surface area contributed by atoms with Crippen LogP contribution in [0.25, 0.3) is 11.5 Å². The topological polar surface area (TPSA) is 113 Å². The maximum absolute atomic E-state index is 12.7. The number of nitrogens with zero attached hydrogens (tertiary/aromatic N) is 3. The van der Waals surface area contributed by atoms with Crippen molar-refractivity contribution in [3.63, 3.8) is 0 Å². The van der Waals surface area contributed by atoms with E-state index in [0.29, 0.717) is 18.7 Å². The van der Waals surface area contributed by atoms with E-state index in [1.54, 1.807) is 31.3 Å². The van der Waals surface area contributed by atoms with Gasteiger partial charge in [-0.05, 0) is 25.5 Å². The van der Waals surface area contributed by atoms with Crippen LogP contribution in [-0.2, 0) is 9.84 Å². The SMILES string of the molecule is CCN(C(=O)c1cnc(-c2ccccn2)[nH]c1=O)[C@@H]1CCS(=O)(=O)C1. The smallest absolute Gasteiger partial charge is 0.264 e. The van der Waals surface area contributed by atoms with E-state index in [0.717, 1.165) is 0 Å². The maximum atomic E-state index is 12.7. The van der Waals surface area contributed by atoms with E-state index < -0.39 is 27.3 Å². The van der Waals surface area contributed by atoms with Gasteiger partial charge in [-0.2, -0.15) is 0 Å². The molecule has 0 aromatic carbocycles. The zero-order valence-corrected chi connectivity index (χ0v) is 14.5. The van der Waals surface area contributed by atoms with E-state index in [4.69, 9.17) is 0 Å². The van der Waals surface area contributed by atoms with Crippen molar-refractivity contribution in [1.29, 1.82) is 0 Å². The Morgan fingerprint density at radius 2 is 2.16 bits per heavy atom. The average Bonchev–Trinajstić information content (AvgIpc) is 2.95. The van der Waals surface area contributed by atoms with Gasteiger partial charge in [-0.1, -0.05) is 6.07 Å². The molecule has 25 heavy (non-hydrogen) atoms. The molecular weight excluding hydrogens is 344 g/mol. The third-order valence-electron chi connectivity index (χ3n) is 4.19. The van der Waals surface area contributed by atoms with Crippen LogP contribution in [0.1, 0.15) is 23.7 Å². The second-order valence-electron chi connectivity index (χ2n) is 5.84. The van der Waals surface area contributed by atoms with Gasteiger partial charge in [0.15, 0.2) is 15.7 Å². The number of carbonyl (C=O) groups is 1. The Labute approximate surface area is 144 Å². The second-order valence-corrected chi connectivity index (χ2v) is 8.07. The first-order valence-electron chi connectivity index (χ1n) is 7.93. The van der Waals surface area contributed by atoms with Gasteiger partial charge in [0.2, 0.25) is 0 Å². The van der Waals surface area contributed by atoms with Crippen LogP contribution in [-0.4, -0.2) is 58.3 Å². The van der Waals surface area contributed by atoms with Crippen molar-refractivity contribution in [3.05, 3.63) is 46.5 Å². The molecule has 1 N–H and O–H groups in total. The summed E-state index contributed by atoms with van der Waals surface area (Å²) in [7, 11) is -3.12. The summed E-state index contributed by atoms with van der Waals surface area (Å²) in [6, 6.07) is 4.80. The number of amides is 1. The molecule has 3 heterocycles. The van der Waals surface area contributed by atoms with Crippen molar-refractivity contribution in [2.45, 2.75) is 19.4 Å². The van der Waals surface area contributed by atoms with Gasteiger partial charge in [0.05, 0.1) is 11.5 Å². The quantitative estimate of drug-likeness (QED) is 0.846. The molecule has 0 radical (unpaired) electrons. The summed E-state index contributed by atoms with van der Waals surface area (Å²) in [5.41, 5.74) is -0.182. The Morgan fingerprint density at radius 1 is 1.36 bits per heavy atom. The fraction of sp³-hybridized carbons (Fsp3) is 0.375. The van der Waals surface area contributed by atoms with E-state index in [-0.39, 0.29) is 22.9 Å². The molecule has 1 aliphatic heterocycles. The number of hydrogen-bond acceptors (Lipinski definition) is 6. The molecule has 0 bridgehead atoms. The largest absolute Gasteiger partial charge is 0.335 e. The third kappa shape index (κ3) is 3.60. The Balaban J connectivity index is 1.88. The number of nitrogens with one attached hydrogen (secondary N) is 1. The monoisotopic (exact) mass is 362 g/mol. The number of pyridine rings is 1. The molecule has 1 saturated heterocycles. The Bertz CT molecular complexity index is 940. The summed E-state index contributed by atoms with van der Waals surface area (Å²) in [6.45, 7) is 2.08. The summed E-state index contributed by atoms with van der Waals surface area (Å²) >= 11 is 0. The number of sulfone groups is 1. The molecule has 0 aliphatic carbocycles. The predicted molar refractivity (Wildman–Crippen MR) is 91.9 cm³/mol. The van der Waals surface area contributed by atoms with Crippen LogP contribution >= 0.6 is 0 Å². The standard InChI is InChI=1S/C16H18N4O4S/c1-2-20(11-6-8-25(23,24)10-11)16(22)12-9-18-14(19-15(12)21)13-5-3-4-7-17-13/h3-5,7,9,11H,2,6,8,10H2,1H3,(H,18,19,21)/t11-/m1/s1. The Morgan fingerprint density at radius 3 is 2.72 bits per heavy atom. The second kappa shape index (κ2) is 6.75. The van der Waals surface area contributed by atoms with Crippen LogP contribution in [0, 0.1) is 0 Å². The van der Waals surface area contributed by atoms with Gasteiger partial charge in [-0.15, -0.1) is 0 Å². The lowest BCUT2D eigenvalue weighted by molar-refractivity contribution is 0.0706. The highest BCUT2D eigenvalue weighted by atomic mass is 32.2. The van der Waals surface area contributed by atoms with Crippen molar-refractivity contribution >= 4 is 15.7 Å². The molecule has 1 aliphatic rings. The molecule has 1 amide bonds. The minimum Gasteiger partial charge on any atom is -0.335 e. The van der Waals surface area contributed by atoms with Crippen LogP contribution in [0.2, 0.25) is 0 Å². The molecule has 0 spiro atoms. The van der Waals surface area contributed by atoms with Crippen LogP contribution in [0.3, 0.4) is 0 Å². The molecule has 0 unspecified atom stereocenters. The van der Waals surface area contributed by atoms with E-state index in [2.05, 4.69) is 15.0 Å².